The largest absolute Gasteiger partial charge is 0.469 e. The van der Waals surface area contributed by atoms with Gasteiger partial charge >= 0.3 is 5.97 Å². The van der Waals surface area contributed by atoms with Gasteiger partial charge in [-0.25, -0.2) is 0 Å². The predicted octanol–water partition coefficient (Wildman–Crippen LogP) is 0.728. The zero-order valence-electron chi connectivity index (χ0n) is 9.45. The average Bonchev–Trinajstić information content (AvgIpc) is 2.21. The van der Waals surface area contributed by atoms with E-state index in [-0.39, 0.29) is 35.9 Å². The van der Waals surface area contributed by atoms with Crippen molar-refractivity contribution in [3.63, 3.8) is 0 Å². The lowest BCUT2D eigenvalue weighted by Gasteiger charge is -2.07. The van der Waals surface area contributed by atoms with Gasteiger partial charge in [0.25, 0.3) is 0 Å². The lowest BCUT2D eigenvalue weighted by molar-refractivity contribution is -0.144. The highest BCUT2D eigenvalue weighted by Crippen LogP contribution is 1.97. The van der Waals surface area contributed by atoms with Crippen LogP contribution in [0.1, 0.15) is 20.3 Å². The van der Waals surface area contributed by atoms with E-state index in [1.807, 2.05) is 6.92 Å². The molecule has 0 radical (unpaired) electrons. The summed E-state index contributed by atoms with van der Waals surface area (Å²) in [5.41, 5.74) is 5.54. The quantitative estimate of drug-likeness (QED) is 0.337. The highest BCUT2D eigenvalue weighted by molar-refractivity contribution is 14.0. The first-order chi connectivity index (χ1) is 6.61. The van der Waals surface area contributed by atoms with Gasteiger partial charge in [0.15, 0.2) is 5.96 Å². The highest BCUT2D eigenvalue weighted by Gasteiger charge is 2.11. The van der Waals surface area contributed by atoms with Crippen molar-refractivity contribution in [2.75, 3.05) is 20.2 Å². The minimum atomic E-state index is -0.267. The fourth-order valence-corrected chi connectivity index (χ4v) is 0.820. The lowest BCUT2D eigenvalue weighted by atomic mass is 10.2. The number of esters is 1. The first-order valence-corrected chi connectivity index (χ1v) is 4.73. The SMILES string of the molecule is CCCNC(N)=NCC(C)C(=O)OC.I. The van der Waals surface area contributed by atoms with Crippen molar-refractivity contribution in [2.24, 2.45) is 16.6 Å². The summed E-state index contributed by atoms with van der Waals surface area (Å²) in [6.07, 6.45) is 0.989. The zero-order chi connectivity index (χ0) is 11.0. The summed E-state index contributed by atoms with van der Waals surface area (Å²) < 4.78 is 4.56. The van der Waals surface area contributed by atoms with Gasteiger partial charge in [0.1, 0.15) is 0 Å². The molecule has 0 heterocycles. The van der Waals surface area contributed by atoms with Gasteiger partial charge in [0, 0.05) is 6.54 Å². The molecule has 1 unspecified atom stereocenters. The monoisotopic (exact) mass is 329 g/mol. The summed E-state index contributed by atoms with van der Waals surface area (Å²) in [7, 11) is 1.36. The molecule has 5 nitrogen and oxygen atoms in total. The Kier molecular flexibility index (Phi) is 11.3. The van der Waals surface area contributed by atoms with Crippen molar-refractivity contribution in [1.29, 1.82) is 0 Å². The summed E-state index contributed by atoms with van der Waals surface area (Å²) in [5.74, 6) is -0.137. The molecule has 3 N–H and O–H groups in total. The standard InChI is InChI=1S/C9H19N3O2.HI/c1-4-5-11-9(10)12-6-7(2)8(13)14-3;/h7H,4-6H2,1-3H3,(H3,10,11,12);1H. The Morgan fingerprint density at radius 2 is 2.20 bits per heavy atom. The molecule has 0 aromatic carbocycles. The van der Waals surface area contributed by atoms with Crippen LogP contribution in [0.2, 0.25) is 0 Å². The van der Waals surface area contributed by atoms with Crippen LogP contribution in [0.4, 0.5) is 0 Å². The first-order valence-electron chi connectivity index (χ1n) is 4.73. The van der Waals surface area contributed by atoms with E-state index in [4.69, 9.17) is 5.73 Å². The van der Waals surface area contributed by atoms with Crippen LogP contribution >= 0.6 is 24.0 Å². The zero-order valence-corrected chi connectivity index (χ0v) is 11.8. The molecule has 0 aromatic heterocycles. The molecule has 0 saturated heterocycles. The van der Waals surface area contributed by atoms with Crippen LogP contribution in [0.25, 0.3) is 0 Å². The number of nitrogens with zero attached hydrogens (tertiary/aromatic N) is 1. The molecule has 0 saturated carbocycles. The molecule has 6 heteroatoms. The molecular weight excluding hydrogens is 309 g/mol. The third-order valence-corrected chi connectivity index (χ3v) is 1.70. The van der Waals surface area contributed by atoms with Gasteiger partial charge in [-0.1, -0.05) is 13.8 Å². The fraction of sp³-hybridized carbons (Fsp3) is 0.778. The summed E-state index contributed by atoms with van der Waals surface area (Å²) in [5, 5.41) is 2.92. The van der Waals surface area contributed by atoms with E-state index in [2.05, 4.69) is 15.0 Å². The molecular formula is C9H20IN3O2. The third kappa shape index (κ3) is 8.46. The van der Waals surface area contributed by atoms with Gasteiger partial charge in [0.2, 0.25) is 0 Å². The summed E-state index contributed by atoms with van der Waals surface area (Å²) >= 11 is 0. The molecule has 0 bridgehead atoms. The molecule has 1 atom stereocenters. The van der Waals surface area contributed by atoms with Crippen molar-refractivity contribution in [3.8, 4) is 0 Å². The topological polar surface area (TPSA) is 76.7 Å². The molecule has 0 rings (SSSR count). The number of halogens is 1. The number of rotatable bonds is 5. The predicted molar refractivity (Wildman–Crippen MR) is 71.4 cm³/mol. The molecule has 0 aliphatic heterocycles. The Morgan fingerprint density at radius 1 is 1.60 bits per heavy atom. The van der Waals surface area contributed by atoms with Gasteiger partial charge in [-0.2, -0.15) is 0 Å². The molecule has 15 heavy (non-hydrogen) atoms. The van der Waals surface area contributed by atoms with Gasteiger partial charge in [0.05, 0.1) is 19.6 Å². The first kappa shape index (κ1) is 16.9. The number of methoxy groups -OCH3 is 1. The molecule has 0 spiro atoms. The maximum Gasteiger partial charge on any atom is 0.310 e. The van der Waals surface area contributed by atoms with E-state index < -0.39 is 0 Å². The number of carbonyl (C=O) groups is 1. The summed E-state index contributed by atoms with van der Waals surface area (Å²) in [4.78, 5) is 15.0. The van der Waals surface area contributed by atoms with Crippen LogP contribution in [-0.4, -0.2) is 32.1 Å². The number of carbonyl (C=O) groups excluding carboxylic acids is 1. The van der Waals surface area contributed by atoms with Crippen LogP contribution in [0.3, 0.4) is 0 Å². The van der Waals surface area contributed by atoms with Crippen molar-refractivity contribution < 1.29 is 9.53 Å². The number of guanidine groups is 1. The molecule has 0 fully saturated rings. The van der Waals surface area contributed by atoms with Crippen molar-refractivity contribution in [3.05, 3.63) is 0 Å². The van der Waals surface area contributed by atoms with E-state index in [1.54, 1.807) is 6.92 Å². The number of hydrogen-bond donors (Lipinski definition) is 2. The van der Waals surface area contributed by atoms with Crippen LogP contribution in [0.15, 0.2) is 4.99 Å². The van der Waals surface area contributed by atoms with E-state index in [9.17, 15) is 4.79 Å². The summed E-state index contributed by atoms with van der Waals surface area (Å²) in [6.45, 7) is 4.94. The molecule has 0 aromatic rings. The normalized spacial score (nSPS) is 12.6. The van der Waals surface area contributed by atoms with Gasteiger partial charge in [-0.05, 0) is 6.42 Å². The second-order valence-corrected chi connectivity index (χ2v) is 3.08. The van der Waals surface area contributed by atoms with Crippen LogP contribution < -0.4 is 11.1 Å². The number of nitrogens with one attached hydrogen (secondary N) is 1. The van der Waals surface area contributed by atoms with Crippen molar-refractivity contribution in [1.82, 2.24) is 5.32 Å². The van der Waals surface area contributed by atoms with Crippen LogP contribution in [0, 0.1) is 5.92 Å². The minimum Gasteiger partial charge on any atom is -0.469 e. The van der Waals surface area contributed by atoms with E-state index in [0.717, 1.165) is 13.0 Å². The van der Waals surface area contributed by atoms with Gasteiger partial charge < -0.3 is 15.8 Å². The highest BCUT2D eigenvalue weighted by atomic mass is 127. The molecule has 0 aliphatic rings. The minimum absolute atomic E-state index is 0. The van der Waals surface area contributed by atoms with Gasteiger partial charge in [-0.3, -0.25) is 9.79 Å². The van der Waals surface area contributed by atoms with Crippen LogP contribution in [0.5, 0.6) is 0 Å². The maximum atomic E-state index is 11.0. The fourth-order valence-electron chi connectivity index (χ4n) is 0.820. The van der Waals surface area contributed by atoms with Crippen molar-refractivity contribution >= 4 is 35.9 Å². The van der Waals surface area contributed by atoms with E-state index >= 15 is 0 Å². The molecule has 0 amide bonds. The second kappa shape index (κ2) is 10.0. The van der Waals surface area contributed by atoms with Crippen molar-refractivity contribution in [2.45, 2.75) is 20.3 Å². The molecule has 0 aliphatic carbocycles. The Hall–Kier alpha value is -0.530. The second-order valence-electron chi connectivity index (χ2n) is 3.08. The summed E-state index contributed by atoms with van der Waals surface area (Å²) in [6, 6.07) is 0. The number of nitrogens with two attached hydrogens (primary N) is 1. The van der Waals surface area contributed by atoms with Crippen LogP contribution in [-0.2, 0) is 9.53 Å². The Labute approximate surface area is 108 Å². The lowest BCUT2D eigenvalue weighted by Crippen LogP contribution is -2.33. The number of hydrogen-bond acceptors (Lipinski definition) is 3. The smallest absolute Gasteiger partial charge is 0.310 e. The Morgan fingerprint density at radius 3 is 2.67 bits per heavy atom. The number of aliphatic imine (C=N–C) groups is 1. The van der Waals surface area contributed by atoms with E-state index in [1.165, 1.54) is 7.11 Å². The Bertz CT molecular complexity index is 210. The van der Waals surface area contributed by atoms with E-state index in [0.29, 0.717) is 12.5 Å². The number of ether oxygens (including phenoxy) is 1. The molecule has 90 valence electrons. The maximum absolute atomic E-state index is 11.0. The Balaban J connectivity index is 0. The third-order valence-electron chi connectivity index (χ3n) is 1.70. The van der Waals surface area contributed by atoms with Gasteiger partial charge in [-0.15, -0.1) is 24.0 Å². The average molecular weight is 329 g/mol.